The van der Waals surface area contributed by atoms with E-state index in [0.29, 0.717) is 19.5 Å². The van der Waals surface area contributed by atoms with Crippen LogP contribution >= 0.6 is 0 Å². The summed E-state index contributed by atoms with van der Waals surface area (Å²) in [5, 5.41) is 0. The Hall–Kier alpha value is -3.81. The lowest BCUT2D eigenvalue weighted by Crippen LogP contribution is -2.15. The van der Waals surface area contributed by atoms with E-state index in [4.69, 9.17) is 23.7 Å². The van der Waals surface area contributed by atoms with E-state index >= 15 is 0 Å². The Kier molecular flexibility index (Phi) is 5.88. The van der Waals surface area contributed by atoms with E-state index in [1.54, 1.807) is 0 Å². The fourth-order valence-corrected chi connectivity index (χ4v) is 3.39. The number of fused-ring (bicyclic) bond motifs is 1. The van der Waals surface area contributed by atoms with Crippen LogP contribution in [0.15, 0.2) is 36.4 Å². The van der Waals surface area contributed by atoms with Crippen LogP contribution in [0.5, 0.6) is 29.3 Å². The molecule has 0 saturated carbocycles. The predicted octanol–water partition coefficient (Wildman–Crippen LogP) is 3.63. The Morgan fingerprint density at radius 3 is 2.39 bits per heavy atom. The van der Waals surface area contributed by atoms with Crippen molar-refractivity contribution >= 4 is 6.29 Å². The molecule has 8 nitrogen and oxygen atoms in total. The van der Waals surface area contributed by atoms with Crippen LogP contribution in [0.3, 0.4) is 0 Å². The minimum atomic E-state index is 0.0587. The van der Waals surface area contributed by atoms with Crippen molar-refractivity contribution in [3.05, 3.63) is 53.1 Å². The lowest BCUT2D eigenvalue weighted by molar-refractivity contribution is 0.111. The van der Waals surface area contributed by atoms with Gasteiger partial charge >= 0.3 is 6.01 Å². The Morgan fingerprint density at radius 2 is 1.71 bits per heavy atom. The van der Waals surface area contributed by atoms with Crippen LogP contribution in [0, 0.1) is 6.92 Å². The zero-order valence-corrected chi connectivity index (χ0v) is 17.5. The van der Waals surface area contributed by atoms with Gasteiger partial charge in [-0.15, -0.1) is 0 Å². The second-order valence-corrected chi connectivity index (χ2v) is 6.79. The standard InChI is InChI=1S/C23H22N2O6/c1-14-16(13-31-23-24-21(27-2)18(12-26)22(25-23)28-3)5-4-6-17(14)15-7-8-19-20(11-15)30-10-9-29-19/h4-8,11-12H,9-10,13H2,1-3H3. The lowest BCUT2D eigenvalue weighted by Gasteiger charge is -2.19. The molecular weight excluding hydrogens is 400 g/mol. The largest absolute Gasteiger partial charge is 0.486 e. The molecule has 1 aliphatic heterocycles. The number of rotatable bonds is 7. The maximum Gasteiger partial charge on any atom is 0.323 e. The van der Waals surface area contributed by atoms with Gasteiger partial charge in [-0.25, -0.2) is 0 Å². The smallest absolute Gasteiger partial charge is 0.323 e. The van der Waals surface area contributed by atoms with Crippen molar-refractivity contribution in [3.63, 3.8) is 0 Å². The molecule has 2 heterocycles. The van der Waals surface area contributed by atoms with Crippen LogP contribution in [-0.2, 0) is 6.61 Å². The zero-order valence-electron chi connectivity index (χ0n) is 17.5. The molecule has 0 unspecified atom stereocenters. The van der Waals surface area contributed by atoms with Crippen molar-refractivity contribution in [1.82, 2.24) is 9.97 Å². The number of aldehydes is 1. The molecule has 4 rings (SSSR count). The van der Waals surface area contributed by atoms with Gasteiger partial charge in [0.15, 0.2) is 17.8 Å². The highest BCUT2D eigenvalue weighted by Gasteiger charge is 2.17. The molecule has 0 fully saturated rings. The number of ether oxygens (including phenoxy) is 5. The van der Waals surface area contributed by atoms with Crippen molar-refractivity contribution in [2.45, 2.75) is 13.5 Å². The molecule has 1 aliphatic rings. The first-order valence-electron chi connectivity index (χ1n) is 9.71. The lowest BCUT2D eigenvalue weighted by atomic mass is 9.96. The van der Waals surface area contributed by atoms with Gasteiger partial charge in [-0.2, -0.15) is 9.97 Å². The number of hydrogen-bond donors (Lipinski definition) is 0. The van der Waals surface area contributed by atoms with Gasteiger partial charge in [0.2, 0.25) is 11.8 Å². The van der Waals surface area contributed by atoms with Gasteiger partial charge in [-0.3, -0.25) is 4.79 Å². The van der Waals surface area contributed by atoms with E-state index < -0.39 is 0 Å². The Labute approximate surface area is 179 Å². The molecule has 0 amide bonds. The van der Waals surface area contributed by atoms with Gasteiger partial charge in [0.25, 0.3) is 0 Å². The highest BCUT2D eigenvalue weighted by molar-refractivity contribution is 5.81. The molecule has 160 valence electrons. The Morgan fingerprint density at radius 1 is 1.00 bits per heavy atom. The normalized spacial score (nSPS) is 12.2. The summed E-state index contributed by atoms with van der Waals surface area (Å²) < 4.78 is 27.4. The second-order valence-electron chi connectivity index (χ2n) is 6.79. The van der Waals surface area contributed by atoms with E-state index in [1.807, 2.05) is 43.3 Å². The highest BCUT2D eigenvalue weighted by atomic mass is 16.6. The first-order valence-corrected chi connectivity index (χ1v) is 9.71. The molecule has 0 bridgehead atoms. The predicted molar refractivity (Wildman–Crippen MR) is 112 cm³/mol. The summed E-state index contributed by atoms with van der Waals surface area (Å²) in [5.74, 6) is 1.69. The Balaban J connectivity index is 1.59. The van der Waals surface area contributed by atoms with Crippen LogP contribution in [-0.4, -0.2) is 43.7 Å². The molecule has 31 heavy (non-hydrogen) atoms. The van der Waals surface area contributed by atoms with Gasteiger partial charge < -0.3 is 23.7 Å². The first-order chi connectivity index (χ1) is 15.1. The summed E-state index contributed by atoms with van der Waals surface area (Å²) >= 11 is 0. The SMILES string of the molecule is COc1nc(OCc2cccc(-c3ccc4c(c3)OCCO4)c2C)nc(OC)c1C=O. The summed E-state index contributed by atoms with van der Waals surface area (Å²) in [6.07, 6.45) is 0.586. The number of nitrogens with zero attached hydrogens (tertiary/aromatic N) is 2. The summed E-state index contributed by atoms with van der Waals surface area (Å²) in [4.78, 5) is 19.6. The summed E-state index contributed by atoms with van der Waals surface area (Å²) in [6.45, 7) is 3.36. The Bertz CT molecular complexity index is 1090. The van der Waals surface area contributed by atoms with Crippen LogP contribution < -0.4 is 23.7 Å². The topological polar surface area (TPSA) is 89.0 Å². The third-order valence-corrected chi connectivity index (χ3v) is 5.02. The average molecular weight is 422 g/mol. The number of carbonyl (C=O) groups is 1. The minimum Gasteiger partial charge on any atom is -0.486 e. The third kappa shape index (κ3) is 4.09. The van der Waals surface area contributed by atoms with Crippen LogP contribution in [0.4, 0.5) is 0 Å². The van der Waals surface area contributed by atoms with Crippen molar-refractivity contribution in [3.8, 4) is 40.4 Å². The minimum absolute atomic E-state index is 0.0587. The van der Waals surface area contributed by atoms with Gasteiger partial charge in [-0.1, -0.05) is 24.3 Å². The molecule has 0 radical (unpaired) electrons. The van der Waals surface area contributed by atoms with Crippen LogP contribution in [0.1, 0.15) is 21.5 Å². The number of methoxy groups -OCH3 is 2. The zero-order chi connectivity index (χ0) is 21.8. The van der Waals surface area contributed by atoms with E-state index in [-0.39, 0.29) is 29.9 Å². The summed E-state index contributed by atoms with van der Waals surface area (Å²) in [6, 6.07) is 12.0. The van der Waals surface area contributed by atoms with Crippen molar-refractivity contribution in [2.24, 2.45) is 0 Å². The van der Waals surface area contributed by atoms with E-state index in [1.165, 1.54) is 14.2 Å². The molecule has 0 spiro atoms. The van der Waals surface area contributed by atoms with E-state index in [0.717, 1.165) is 33.8 Å². The molecule has 1 aromatic heterocycles. The molecular formula is C23H22N2O6. The van der Waals surface area contributed by atoms with Crippen LogP contribution in [0.2, 0.25) is 0 Å². The summed E-state index contributed by atoms with van der Waals surface area (Å²) in [7, 11) is 2.83. The fourth-order valence-electron chi connectivity index (χ4n) is 3.39. The number of carbonyl (C=O) groups excluding carboxylic acids is 1. The van der Waals surface area contributed by atoms with Gasteiger partial charge in [0.05, 0.1) is 14.2 Å². The first kappa shape index (κ1) is 20.5. The van der Waals surface area contributed by atoms with Crippen molar-refractivity contribution in [1.29, 1.82) is 0 Å². The molecule has 2 aromatic carbocycles. The van der Waals surface area contributed by atoms with Gasteiger partial charge in [-0.05, 0) is 41.3 Å². The van der Waals surface area contributed by atoms with Crippen molar-refractivity contribution in [2.75, 3.05) is 27.4 Å². The highest BCUT2D eigenvalue weighted by Crippen LogP contribution is 2.36. The van der Waals surface area contributed by atoms with Crippen LogP contribution in [0.25, 0.3) is 11.1 Å². The number of hydrogen-bond acceptors (Lipinski definition) is 8. The third-order valence-electron chi connectivity index (χ3n) is 5.02. The van der Waals surface area contributed by atoms with E-state index in [2.05, 4.69) is 9.97 Å². The van der Waals surface area contributed by atoms with Gasteiger partial charge in [0.1, 0.15) is 25.4 Å². The van der Waals surface area contributed by atoms with Gasteiger partial charge in [0, 0.05) is 0 Å². The monoisotopic (exact) mass is 422 g/mol. The molecule has 0 aliphatic carbocycles. The number of benzene rings is 2. The van der Waals surface area contributed by atoms with Crippen molar-refractivity contribution < 1.29 is 28.5 Å². The fraction of sp³-hybridized carbons (Fsp3) is 0.261. The average Bonchev–Trinajstić information content (AvgIpc) is 2.82. The number of aromatic nitrogens is 2. The molecule has 0 saturated heterocycles. The van der Waals surface area contributed by atoms with E-state index in [9.17, 15) is 4.79 Å². The molecule has 0 N–H and O–H groups in total. The second kappa shape index (κ2) is 8.91. The maximum absolute atomic E-state index is 11.3. The molecule has 0 atom stereocenters. The molecule has 3 aromatic rings. The quantitative estimate of drug-likeness (QED) is 0.534. The maximum atomic E-state index is 11.3. The summed E-state index contributed by atoms with van der Waals surface area (Å²) in [5.41, 5.74) is 4.24. The molecule has 8 heteroatoms.